The molecule has 3 N–H and O–H groups in total. The van der Waals surface area contributed by atoms with E-state index in [0.29, 0.717) is 17.3 Å². The number of nitrogens with one attached hydrogen (secondary N) is 1. The Morgan fingerprint density at radius 2 is 2.16 bits per heavy atom. The molecule has 3 aromatic rings. The number of fused-ring (bicyclic) bond motifs is 1. The highest BCUT2D eigenvalue weighted by molar-refractivity contribution is 6.03. The van der Waals surface area contributed by atoms with E-state index >= 15 is 0 Å². The number of nitrogens with zero attached hydrogens (tertiary/aromatic N) is 3. The van der Waals surface area contributed by atoms with E-state index in [2.05, 4.69) is 15.4 Å². The number of oxazole rings is 1. The van der Waals surface area contributed by atoms with Crippen LogP contribution in [0.4, 0.5) is 5.69 Å². The molecule has 7 heteroatoms. The van der Waals surface area contributed by atoms with Crippen molar-refractivity contribution < 1.29 is 9.21 Å². The van der Waals surface area contributed by atoms with Crippen molar-refractivity contribution in [1.82, 2.24) is 14.8 Å². The summed E-state index contributed by atoms with van der Waals surface area (Å²) in [5.41, 5.74) is 9.79. The summed E-state index contributed by atoms with van der Waals surface area (Å²) < 4.78 is 7.05. The molecule has 1 aliphatic heterocycles. The molecule has 0 saturated carbocycles. The van der Waals surface area contributed by atoms with E-state index in [1.807, 2.05) is 28.9 Å². The van der Waals surface area contributed by atoms with Gasteiger partial charge < -0.3 is 15.5 Å². The van der Waals surface area contributed by atoms with Gasteiger partial charge in [0.2, 0.25) is 0 Å². The molecule has 1 atom stereocenters. The average molecular weight is 337 g/mol. The van der Waals surface area contributed by atoms with Gasteiger partial charge in [0, 0.05) is 30.8 Å². The standard InChI is InChI=1S/C18H19N5O2/c1-11-20-16(10-25-11)12-4-6-13(7-5-12)21-18(24)15-9-17-14(19)3-2-8-23(17)22-15/h4-7,9-10,14H,2-3,8,19H2,1H3,(H,21,24). The van der Waals surface area contributed by atoms with Gasteiger partial charge in [0.05, 0.1) is 5.69 Å². The molecule has 1 amide bonds. The Morgan fingerprint density at radius 1 is 1.36 bits per heavy atom. The lowest BCUT2D eigenvalue weighted by Crippen LogP contribution is -2.21. The van der Waals surface area contributed by atoms with Crippen LogP contribution in [0, 0.1) is 6.92 Å². The zero-order chi connectivity index (χ0) is 17.4. The minimum absolute atomic E-state index is 0.0481. The molecule has 0 aliphatic carbocycles. The number of aryl methyl sites for hydroxylation is 2. The van der Waals surface area contributed by atoms with E-state index in [1.54, 1.807) is 19.3 Å². The molecule has 0 bridgehead atoms. The number of aromatic nitrogens is 3. The smallest absolute Gasteiger partial charge is 0.276 e. The van der Waals surface area contributed by atoms with E-state index in [-0.39, 0.29) is 11.9 Å². The number of anilines is 1. The van der Waals surface area contributed by atoms with Crippen LogP contribution in [0.25, 0.3) is 11.3 Å². The molecule has 1 aliphatic rings. The lowest BCUT2D eigenvalue weighted by atomic mass is 10.1. The first-order valence-electron chi connectivity index (χ1n) is 8.27. The van der Waals surface area contributed by atoms with Gasteiger partial charge in [-0.3, -0.25) is 9.48 Å². The highest BCUT2D eigenvalue weighted by Gasteiger charge is 2.21. The Kier molecular flexibility index (Phi) is 3.85. The Labute approximate surface area is 144 Å². The summed E-state index contributed by atoms with van der Waals surface area (Å²) in [7, 11) is 0. The molecule has 1 unspecified atom stereocenters. The Hall–Kier alpha value is -2.93. The number of carbonyl (C=O) groups is 1. The Bertz CT molecular complexity index is 910. The van der Waals surface area contributed by atoms with Gasteiger partial charge in [0.25, 0.3) is 5.91 Å². The van der Waals surface area contributed by atoms with Crippen LogP contribution < -0.4 is 11.1 Å². The largest absolute Gasteiger partial charge is 0.449 e. The molecule has 0 fully saturated rings. The van der Waals surface area contributed by atoms with Gasteiger partial charge in [-0.25, -0.2) is 4.98 Å². The summed E-state index contributed by atoms with van der Waals surface area (Å²) in [4.78, 5) is 16.7. The number of hydrogen-bond donors (Lipinski definition) is 2. The second-order valence-corrected chi connectivity index (χ2v) is 6.21. The van der Waals surface area contributed by atoms with Crippen molar-refractivity contribution in [1.29, 1.82) is 0 Å². The van der Waals surface area contributed by atoms with Gasteiger partial charge in [-0.15, -0.1) is 0 Å². The van der Waals surface area contributed by atoms with Gasteiger partial charge in [0.15, 0.2) is 11.6 Å². The van der Waals surface area contributed by atoms with Gasteiger partial charge in [-0.2, -0.15) is 5.10 Å². The fourth-order valence-corrected chi connectivity index (χ4v) is 3.04. The van der Waals surface area contributed by atoms with E-state index in [9.17, 15) is 4.79 Å². The molecule has 0 saturated heterocycles. The lowest BCUT2D eigenvalue weighted by Gasteiger charge is -2.19. The third-order valence-electron chi connectivity index (χ3n) is 4.37. The minimum Gasteiger partial charge on any atom is -0.449 e. The fraction of sp³-hybridized carbons (Fsp3) is 0.278. The van der Waals surface area contributed by atoms with Crippen LogP contribution >= 0.6 is 0 Å². The third kappa shape index (κ3) is 3.06. The summed E-state index contributed by atoms with van der Waals surface area (Å²) in [6.07, 6.45) is 3.53. The van der Waals surface area contributed by atoms with Crippen LogP contribution in [-0.4, -0.2) is 20.7 Å². The van der Waals surface area contributed by atoms with Crippen LogP contribution in [0.1, 0.15) is 41.0 Å². The lowest BCUT2D eigenvalue weighted by molar-refractivity contribution is 0.102. The van der Waals surface area contributed by atoms with Crippen LogP contribution in [0.5, 0.6) is 0 Å². The minimum atomic E-state index is -0.237. The first kappa shape index (κ1) is 15.6. The molecule has 25 heavy (non-hydrogen) atoms. The monoisotopic (exact) mass is 337 g/mol. The summed E-state index contributed by atoms with van der Waals surface area (Å²) >= 11 is 0. The van der Waals surface area contributed by atoms with Crippen molar-refractivity contribution in [3.63, 3.8) is 0 Å². The van der Waals surface area contributed by atoms with E-state index in [4.69, 9.17) is 10.2 Å². The quantitative estimate of drug-likeness (QED) is 0.765. The maximum Gasteiger partial charge on any atom is 0.276 e. The van der Waals surface area contributed by atoms with Crippen LogP contribution in [-0.2, 0) is 6.54 Å². The number of hydrogen-bond acceptors (Lipinski definition) is 5. The molecule has 3 heterocycles. The third-order valence-corrected chi connectivity index (χ3v) is 4.37. The van der Waals surface area contributed by atoms with Gasteiger partial charge in [-0.1, -0.05) is 12.1 Å². The highest BCUT2D eigenvalue weighted by atomic mass is 16.3. The maximum absolute atomic E-state index is 12.4. The Morgan fingerprint density at radius 3 is 2.84 bits per heavy atom. The maximum atomic E-state index is 12.4. The molecule has 0 radical (unpaired) electrons. The predicted molar refractivity (Wildman–Crippen MR) is 93.0 cm³/mol. The van der Waals surface area contributed by atoms with Crippen molar-refractivity contribution in [2.45, 2.75) is 32.4 Å². The van der Waals surface area contributed by atoms with E-state index < -0.39 is 0 Å². The molecular formula is C18H19N5O2. The second-order valence-electron chi connectivity index (χ2n) is 6.21. The number of benzene rings is 1. The number of amides is 1. The van der Waals surface area contributed by atoms with Gasteiger partial charge in [0.1, 0.15) is 12.0 Å². The fourth-order valence-electron chi connectivity index (χ4n) is 3.04. The molecule has 1 aromatic carbocycles. The number of nitrogens with two attached hydrogens (primary N) is 1. The Balaban J connectivity index is 1.49. The van der Waals surface area contributed by atoms with Crippen molar-refractivity contribution in [3.8, 4) is 11.3 Å². The van der Waals surface area contributed by atoms with Crippen molar-refractivity contribution in [2.75, 3.05) is 5.32 Å². The number of rotatable bonds is 3. The van der Waals surface area contributed by atoms with Crippen molar-refractivity contribution in [2.24, 2.45) is 5.73 Å². The predicted octanol–water partition coefficient (Wildman–Crippen LogP) is 2.89. The number of carbonyl (C=O) groups excluding carboxylic acids is 1. The molecule has 4 rings (SSSR count). The molecular weight excluding hydrogens is 318 g/mol. The molecule has 2 aromatic heterocycles. The molecule has 0 spiro atoms. The van der Waals surface area contributed by atoms with E-state index in [1.165, 1.54) is 0 Å². The highest BCUT2D eigenvalue weighted by Crippen LogP contribution is 2.24. The molecule has 7 nitrogen and oxygen atoms in total. The normalized spacial score (nSPS) is 16.5. The summed E-state index contributed by atoms with van der Waals surface area (Å²) in [5.74, 6) is 0.383. The first-order valence-corrected chi connectivity index (χ1v) is 8.27. The van der Waals surface area contributed by atoms with Crippen LogP contribution in [0.15, 0.2) is 41.0 Å². The summed E-state index contributed by atoms with van der Waals surface area (Å²) in [6, 6.07) is 9.18. The van der Waals surface area contributed by atoms with Crippen molar-refractivity contribution >= 4 is 11.6 Å². The first-order chi connectivity index (χ1) is 12.1. The topological polar surface area (TPSA) is 99.0 Å². The van der Waals surface area contributed by atoms with Crippen molar-refractivity contribution in [3.05, 3.63) is 53.9 Å². The zero-order valence-electron chi connectivity index (χ0n) is 13.9. The van der Waals surface area contributed by atoms with E-state index in [0.717, 1.165) is 36.3 Å². The SMILES string of the molecule is Cc1nc(-c2ccc(NC(=O)c3cc4n(n3)CCCC4N)cc2)co1. The van der Waals surface area contributed by atoms with Gasteiger partial charge >= 0.3 is 0 Å². The van der Waals surface area contributed by atoms with Crippen LogP contribution in [0.2, 0.25) is 0 Å². The summed E-state index contributed by atoms with van der Waals surface area (Å²) in [5, 5.41) is 7.23. The van der Waals surface area contributed by atoms with Crippen LogP contribution in [0.3, 0.4) is 0 Å². The average Bonchev–Trinajstić information content (AvgIpc) is 3.23. The van der Waals surface area contributed by atoms with Gasteiger partial charge in [-0.05, 0) is 31.0 Å². The zero-order valence-corrected chi connectivity index (χ0v) is 13.9. The summed E-state index contributed by atoms with van der Waals surface area (Å²) in [6.45, 7) is 2.61. The molecule has 128 valence electrons. The second kappa shape index (κ2) is 6.18.